The second-order valence-electron chi connectivity index (χ2n) is 5.84. The predicted molar refractivity (Wildman–Crippen MR) is 94.5 cm³/mol. The Balaban J connectivity index is 2.48. The lowest BCUT2D eigenvalue weighted by atomic mass is 9.93. The number of nitrogens with one attached hydrogen (secondary N) is 1. The Labute approximate surface area is 133 Å². The van der Waals surface area contributed by atoms with Crippen molar-refractivity contribution in [2.45, 2.75) is 53.5 Å². The molecule has 1 aromatic carbocycles. The average Bonchev–Trinajstić information content (AvgIpc) is 2.93. The van der Waals surface area contributed by atoms with Gasteiger partial charge in [0.05, 0.1) is 6.04 Å². The maximum Gasteiger partial charge on any atom is 0.0676 e. The summed E-state index contributed by atoms with van der Waals surface area (Å²) in [5.74, 6) is 0. The summed E-state index contributed by atoms with van der Waals surface area (Å²) in [6.07, 6.45) is 2.26. The second-order valence-corrected chi connectivity index (χ2v) is 6.79. The van der Waals surface area contributed by atoms with Gasteiger partial charge in [-0.15, -0.1) is 11.3 Å². The first kappa shape index (κ1) is 16.3. The van der Waals surface area contributed by atoms with E-state index in [1.165, 1.54) is 32.7 Å². The predicted octanol–water partition coefficient (Wildman–Crippen LogP) is 5.32. The molecular weight excluding hydrogens is 274 g/mol. The SMILES string of the molecule is CCCNC(c1cc(C)c(C)cc1C)c1sccc1CC. The van der Waals surface area contributed by atoms with Crippen molar-refractivity contribution in [3.05, 3.63) is 56.3 Å². The van der Waals surface area contributed by atoms with Gasteiger partial charge in [0.15, 0.2) is 0 Å². The van der Waals surface area contributed by atoms with Gasteiger partial charge in [0, 0.05) is 4.88 Å². The molecule has 0 amide bonds. The summed E-state index contributed by atoms with van der Waals surface area (Å²) in [7, 11) is 0. The van der Waals surface area contributed by atoms with Gasteiger partial charge in [-0.3, -0.25) is 0 Å². The van der Waals surface area contributed by atoms with Crippen LogP contribution in [0.3, 0.4) is 0 Å². The first-order valence-electron chi connectivity index (χ1n) is 7.95. The Hall–Kier alpha value is -1.12. The largest absolute Gasteiger partial charge is 0.306 e. The number of benzene rings is 1. The van der Waals surface area contributed by atoms with Crippen LogP contribution in [0, 0.1) is 20.8 Å². The van der Waals surface area contributed by atoms with Gasteiger partial charge in [-0.05, 0) is 79.4 Å². The molecular formula is C19H27NS. The van der Waals surface area contributed by atoms with E-state index >= 15 is 0 Å². The fraction of sp³-hybridized carbons (Fsp3) is 0.474. The highest BCUT2D eigenvalue weighted by Crippen LogP contribution is 2.33. The molecule has 0 saturated heterocycles. The number of hydrogen-bond acceptors (Lipinski definition) is 2. The molecule has 1 aromatic heterocycles. The van der Waals surface area contributed by atoms with E-state index in [4.69, 9.17) is 0 Å². The summed E-state index contributed by atoms with van der Waals surface area (Å²) in [6, 6.07) is 7.30. The Morgan fingerprint density at radius 3 is 2.43 bits per heavy atom. The fourth-order valence-corrected chi connectivity index (χ4v) is 3.91. The van der Waals surface area contributed by atoms with E-state index in [0.717, 1.165) is 19.4 Å². The molecule has 0 bridgehead atoms. The quantitative estimate of drug-likeness (QED) is 0.761. The molecule has 0 spiro atoms. The van der Waals surface area contributed by atoms with Crippen LogP contribution >= 0.6 is 11.3 Å². The second kappa shape index (κ2) is 7.24. The molecule has 1 atom stereocenters. The molecule has 2 heteroatoms. The van der Waals surface area contributed by atoms with Crippen LogP contribution in [-0.4, -0.2) is 6.54 Å². The molecule has 0 aliphatic carbocycles. The lowest BCUT2D eigenvalue weighted by Gasteiger charge is -2.22. The van der Waals surface area contributed by atoms with Crippen molar-refractivity contribution >= 4 is 11.3 Å². The zero-order valence-electron chi connectivity index (χ0n) is 13.9. The van der Waals surface area contributed by atoms with Crippen LogP contribution in [-0.2, 0) is 6.42 Å². The minimum Gasteiger partial charge on any atom is -0.306 e. The van der Waals surface area contributed by atoms with Crippen molar-refractivity contribution in [3.63, 3.8) is 0 Å². The fourth-order valence-electron chi connectivity index (χ4n) is 2.82. The van der Waals surface area contributed by atoms with Crippen LogP contribution in [0.15, 0.2) is 23.6 Å². The third-order valence-corrected chi connectivity index (χ3v) is 5.24. The van der Waals surface area contributed by atoms with E-state index in [0.29, 0.717) is 6.04 Å². The van der Waals surface area contributed by atoms with E-state index in [1.54, 1.807) is 0 Å². The molecule has 0 saturated carbocycles. The summed E-state index contributed by atoms with van der Waals surface area (Å²) in [5, 5.41) is 5.99. The van der Waals surface area contributed by atoms with Gasteiger partial charge in [-0.1, -0.05) is 26.0 Å². The van der Waals surface area contributed by atoms with Gasteiger partial charge in [0.25, 0.3) is 0 Å². The Bertz CT molecular complexity index is 598. The zero-order valence-corrected chi connectivity index (χ0v) is 14.7. The van der Waals surface area contributed by atoms with Crippen LogP contribution in [0.4, 0.5) is 0 Å². The van der Waals surface area contributed by atoms with E-state index in [9.17, 15) is 0 Å². The first-order chi connectivity index (χ1) is 10.1. The van der Waals surface area contributed by atoms with E-state index in [-0.39, 0.29) is 0 Å². The van der Waals surface area contributed by atoms with Gasteiger partial charge in [0.2, 0.25) is 0 Å². The minimum absolute atomic E-state index is 0.333. The molecule has 1 nitrogen and oxygen atoms in total. The summed E-state index contributed by atoms with van der Waals surface area (Å²) < 4.78 is 0. The van der Waals surface area contributed by atoms with Crippen LogP contribution < -0.4 is 5.32 Å². The number of aryl methyl sites for hydroxylation is 4. The highest BCUT2D eigenvalue weighted by molar-refractivity contribution is 7.10. The van der Waals surface area contributed by atoms with Crippen LogP contribution in [0.5, 0.6) is 0 Å². The monoisotopic (exact) mass is 301 g/mol. The van der Waals surface area contributed by atoms with Gasteiger partial charge in [0.1, 0.15) is 0 Å². The molecule has 2 rings (SSSR count). The highest BCUT2D eigenvalue weighted by Gasteiger charge is 2.20. The normalized spacial score (nSPS) is 12.6. The van der Waals surface area contributed by atoms with E-state index in [1.807, 2.05) is 11.3 Å². The Morgan fingerprint density at radius 2 is 1.76 bits per heavy atom. The zero-order chi connectivity index (χ0) is 15.4. The number of rotatable bonds is 6. The third-order valence-electron chi connectivity index (χ3n) is 4.22. The van der Waals surface area contributed by atoms with Gasteiger partial charge in [-0.2, -0.15) is 0 Å². The molecule has 0 aliphatic rings. The molecule has 2 aromatic rings. The molecule has 0 aliphatic heterocycles. The smallest absolute Gasteiger partial charge is 0.0676 e. The van der Waals surface area contributed by atoms with Crippen molar-refractivity contribution in [2.24, 2.45) is 0 Å². The molecule has 21 heavy (non-hydrogen) atoms. The van der Waals surface area contributed by atoms with Gasteiger partial charge in [-0.25, -0.2) is 0 Å². The maximum atomic E-state index is 3.76. The van der Waals surface area contributed by atoms with Crippen molar-refractivity contribution in [2.75, 3.05) is 6.54 Å². The molecule has 114 valence electrons. The molecule has 0 radical (unpaired) electrons. The summed E-state index contributed by atoms with van der Waals surface area (Å²) in [4.78, 5) is 1.48. The Kier molecular flexibility index (Phi) is 5.60. The summed E-state index contributed by atoms with van der Waals surface area (Å²) >= 11 is 1.88. The van der Waals surface area contributed by atoms with Gasteiger partial charge < -0.3 is 5.32 Å². The van der Waals surface area contributed by atoms with Gasteiger partial charge >= 0.3 is 0 Å². The van der Waals surface area contributed by atoms with E-state index < -0.39 is 0 Å². The van der Waals surface area contributed by atoms with Crippen molar-refractivity contribution < 1.29 is 0 Å². The van der Waals surface area contributed by atoms with Crippen molar-refractivity contribution in [3.8, 4) is 0 Å². The van der Waals surface area contributed by atoms with Crippen molar-refractivity contribution in [1.82, 2.24) is 5.32 Å². The standard InChI is InChI=1S/C19H27NS/c1-6-9-20-18(19-16(7-2)8-10-21-19)17-12-14(4)13(3)11-15(17)5/h8,10-12,18,20H,6-7,9H2,1-5H3. The minimum atomic E-state index is 0.333. The van der Waals surface area contributed by atoms with Crippen LogP contribution in [0.25, 0.3) is 0 Å². The molecule has 1 heterocycles. The third kappa shape index (κ3) is 3.56. The summed E-state index contributed by atoms with van der Waals surface area (Å²) in [5.41, 5.74) is 7.07. The Morgan fingerprint density at radius 1 is 1.05 bits per heavy atom. The maximum absolute atomic E-state index is 3.76. The van der Waals surface area contributed by atoms with Crippen molar-refractivity contribution in [1.29, 1.82) is 0 Å². The summed E-state index contributed by atoms with van der Waals surface area (Å²) in [6.45, 7) is 12.2. The topological polar surface area (TPSA) is 12.0 Å². The highest BCUT2D eigenvalue weighted by atomic mass is 32.1. The molecule has 1 unspecified atom stereocenters. The number of hydrogen-bond donors (Lipinski definition) is 1. The lowest BCUT2D eigenvalue weighted by molar-refractivity contribution is 0.600. The first-order valence-corrected chi connectivity index (χ1v) is 8.83. The molecule has 1 N–H and O–H groups in total. The lowest BCUT2D eigenvalue weighted by Crippen LogP contribution is -2.24. The van der Waals surface area contributed by atoms with E-state index in [2.05, 4.69) is 63.5 Å². The average molecular weight is 301 g/mol. The number of thiophene rings is 1. The molecule has 0 fully saturated rings. The van der Waals surface area contributed by atoms with Crippen LogP contribution in [0.2, 0.25) is 0 Å². The van der Waals surface area contributed by atoms with Crippen LogP contribution in [0.1, 0.15) is 59.0 Å².